The molecule has 3 atom stereocenters. The van der Waals surface area contributed by atoms with Gasteiger partial charge >= 0.3 is 0 Å². The summed E-state index contributed by atoms with van der Waals surface area (Å²) in [4.78, 5) is 17.4. The van der Waals surface area contributed by atoms with Crippen molar-refractivity contribution in [3.8, 4) is 0 Å². The van der Waals surface area contributed by atoms with Gasteiger partial charge in [-0.15, -0.1) is 0 Å². The van der Waals surface area contributed by atoms with Gasteiger partial charge in [-0.2, -0.15) is 0 Å². The summed E-state index contributed by atoms with van der Waals surface area (Å²) in [5.41, 5.74) is 2.02. The predicted octanol–water partition coefficient (Wildman–Crippen LogP) is 4.25. The van der Waals surface area contributed by atoms with Crippen molar-refractivity contribution in [1.29, 1.82) is 0 Å². The van der Waals surface area contributed by atoms with Gasteiger partial charge in [0.15, 0.2) is 5.78 Å². The van der Waals surface area contributed by atoms with Gasteiger partial charge in [-0.25, -0.2) is 0 Å². The topological polar surface area (TPSA) is 32.8 Å². The number of hydrogen-bond acceptors (Lipinski definition) is 4. The summed E-state index contributed by atoms with van der Waals surface area (Å²) in [6.07, 6.45) is 0.165. The van der Waals surface area contributed by atoms with E-state index < -0.39 is 0 Å². The molecule has 1 fully saturated rings. The van der Waals surface area contributed by atoms with Crippen LogP contribution in [0, 0.1) is 5.92 Å². The first kappa shape index (κ1) is 20.7. The number of Topliss-reactive ketones (excluding diaryl/α,β-unsaturated/α-hetero) is 1. The molecule has 0 unspecified atom stereocenters. The monoisotopic (exact) mass is 380 g/mol. The van der Waals surface area contributed by atoms with Gasteiger partial charge in [0.25, 0.3) is 0 Å². The summed E-state index contributed by atoms with van der Waals surface area (Å²) in [6.45, 7) is 11.0. The first-order valence-electron chi connectivity index (χ1n) is 10.3. The van der Waals surface area contributed by atoms with E-state index in [9.17, 15) is 4.79 Å². The smallest absolute Gasteiger partial charge is 0.166 e. The number of carbonyl (C=O) groups is 1. The summed E-state index contributed by atoms with van der Waals surface area (Å²) in [5.74, 6) is 0.247. The van der Waals surface area contributed by atoms with Gasteiger partial charge < -0.3 is 9.64 Å². The van der Waals surface area contributed by atoms with Crippen LogP contribution in [0.2, 0.25) is 0 Å². The van der Waals surface area contributed by atoms with Crippen LogP contribution in [-0.2, 0) is 4.74 Å². The van der Waals surface area contributed by atoms with Crippen molar-refractivity contribution in [2.75, 3.05) is 32.7 Å². The Labute approximate surface area is 169 Å². The van der Waals surface area contributed by atoms with E-state index in [1.807, 2.05) is 43.3 Å². The van der Waals surface area contributed by atoms with E-state index in [-0.39, 0.29) is 24.0 Å². The summed E-state index contributed by atoms with van der Waals surface area (Å²) < 4.78 is 6.24. The molecule has 1 saturated heterocycles. The Balaban J connectivity index is 1.44. The average Bonchev–Trinajstić information content (AvgIpc) is 2.74. The highest BCUT2D eigenvalue weighted by molar-refractivity contribution is 5.97. The van der Waals surface area contributed by atoms with Crippen LogP contribution < -0.4 is 0 Å². The molecule has 0 saturated carbocycles. The Hall–Kier alpha value is -2.01. The second kappa shape index (κ2) is 9.97. The molecule has 4 nitrogen and oxygen atoms in total. The molecule has 1 heterocycles. The van der Waals surface area contributed by atoms with Crippen molar-refractivity contribution in [1.82, 2.24) is 9.80 Å². The van der Waals surface area contributed by atoms with Crippen LogP contribution in [-0.4, -0.2) is 54.5 Å². The van der Waals surface area contributed by atoms with E-state index in [0.29, 0.717) is 0 Å². The molecule has 1 aliphatic rings. The fraction of sp³-hybridized carbons (Fsp3) is 0.458. The Morgan fingerprint density at radius 1 is 0.893 bits per heavy atom. The number of rotatable bonds is 8. The first-order chi connectivity index (χ1) is 13.5. The average molecular weight is 381 g/mol. The molecule has 2 aromatic rings. The highest BCUT2D eigenvalue weighted by Crippen LogP contribution is 2.20. The summed E-state index contributed by atoms with van der Waals surface area (Å²) in [5, 5.41) is 0. The Morgan fingerprint density at radius 3 is 2.07 bits per heavy atom. The van der Waals surface area contributed by atoms with E-state index in [4.69, 9.17) is 4.74 Å². The highest BCUT2D eigenvalue weighted by atomic mass is 16.5. The summed E-state index contributed by atoms with van der Waals surface area (Å²) >= 11 is 0. The lowest BCUT2D eigenvalue weighted by Gasteiger charge is -2.39. The van der Waals surface area contributed by atoms with Crippen molar-refractivity contribution in [2.45, 2.75) is 33.1 Å². The lowest BCUT2D eigenvalue weighted by molar-refractivity contribution is -0.0976. The maximum absolute atomic E-state index is 12.6. The third kappa shape index (κ3) is 5.51. The van der Waals surface area contributed by atoms with Crippen LogP contribution in [0.3, 0.4) is 0 Å². The molecule has 0 amide bonds. The largest absolute Gasteiger partial charge is 0.356 e. The van der Waals surface area contributed by atoms with E-state index in [2.05, 4.69) is 47.9 Å². The second-order valence-corrected chi connectivity index (χ2v) is 7.76. The number of benzene rings is 2. The maximum atomic E-state index is 12.6. The van der Waals surface area contributed by atoms with Gasteiger partial charge in [0.2, 0.25) is 0 Å². The minimum Gasteiger partial charge on any atom is -0.356 e. The minimum atomic E-state index is 0.0146. The molecule has 28 heavy (non-hydrogen) atoms. The molecule has 0 N–H and O–H groups in total. The second-order valence-electron chi connectivity index (χ2n) is 7.76. The quantitative estimate of drug-likeness (QED) is 0.641. The van der Waals surface area contributed by atoms with Crippen LogP contribution in [0.5, 0.6) is 0 Å². The summed E-state index contributed by atoms with van der Waals surface area (Å²) in [6, 6.07) is 20.0. The van der Waals surface area contributed by atoms with Crippen molar-refractivity contribution < 1.29 is 9.53 Å². The van der Waals surface area contributed by atoms with Gasteiger partial charge in [0, 0.05) is 44.2 Å². The minimum absolute atomic E-state index is 0.0146. The van der Waals surface area contributed by atoms with Crippen LogP contribution >= 0.6 is 0 Å². The fourth-order valence-electron chi connectivity index (χ4n) is 3.85. The van der Waals surface area contributed by atoms with E-state index in [0.717, 1.165) is 38.3 Å². The first-order valence-corrected chi connectivity index (χ1v) is 10.3. The lowest BCUT2D eigenvalue weighted by atomic mass is 9.98. The molecular formula is C24H32N2O2. The summed E-state index contributed by atoms with van der Waals surface area (Å²) in [7, 11) is 0. The molecule has 3 rings (SSSR count). The van der Waals surface area contributed by atoms with Crippen LogP contribution in [0.4, 0.5) is 0 Å². The predicted molar refractivity (Wildman–Crippen MR) is 113 cm³/mol. The molecule has 1 aliphatic heterocycles. The molecule has 4 heteroatoms. The molecule has 0 bridgehead atoms. The van der Waals surface area contributed by atoms with Gasteiger partial charge in [0.05, 0.1) is 6.10 Å². The SMILES string of the molecule is C[C@@H](CN1CCN([C@@H](C)O[C@H](C)c2ccccc2)CC1)C(=O)c1ccccc1. The van der Waals surface area contributed by atoms with Crippen LogP contribution in [0.15, 0.2) is 60.7 Å². The number of hydrogen-bond donors (Lipinski definition) is 0. The van der Waals surface area contributed by atoms with Crippen molar-refractivity contribution >= 4 is 5.78 Å². The fourth-order valence-corrected chi connectivity index (χ4v) is 3.85. The molecule has 2 aromatic carbocycles. The van der Waals surface area contributed by atoms with Crippen molar-refractivity contribution in [2.24, 2.45) is 5.92 Å². The van der Waals surface area contributed by atoms with Crippen molar-refractivity contribution in [3.63, 3.8) is 0 Å². The number of ether oxygens (including phenoxy) is 1. The van der Waals surface area contributed by atoms with Gasteiger partial charge in [-0.05, 0) is 19.4 Å². The number of carbonyl (C=O) groups excluding carboxylic acids is 1. The third-order valence-electron chi connectivity index (χ3n) is 5.63. The zero-order valence-corrected chi connectivity index (χ0v) is 17.3. The normalized spacial score (nSPS) is 19.1. The number of ketones is 1. The molecule has 150 valence electrons. The maximum Gasteiger partial charge on any atom is 0.166 e. The van der Waals surface area contributed by atoms with Crippen LogP contribution in [0.25, 0.3) is 0 Å². The molecule has 0 aliphatic carbocycles. The molecular weight excluding hydrogens is 348 g/mol. The molecule has 0 radical (unpaired) electrons. The lowest BCUT2D eigenvalue weighted by Crippen LogP contribution is -2.51. The van der Waals surface area contributed by atoms with Gasteiger partial charge in [0.1, 0.15) is 6.23 Å². The van der Waals surface area contributed by atoms with E-state index in [1.165, 1.54) is 5.56 Å². The standard InChI is InChI=1S/C24H32N2O2/c1-19(24(27)23-12-8-5-9-13-23)18-25-14-16-26(17-15-25)21(3)28-20(2)22-10-6-4-7-11-22/h4-13,19-21H,14-18H2,1-3H3/t19-,20+,21+/m0/s1. The van der Waals surface area contributed by atoms with Gasteiger partial charge in [-0.1, -0.05) is 67.6 Å². The zero-order valence-electron chi connectivity index (χ0n) is 17.3. The molecule has 0 aromatic heterocycles. The zero-order chi connectivity index (χ0) is 19.9. The highest BCUT2D eigenvalue weighted by Gasteiger charge is 2.25. The van der Waals surface area contributed by atoms with Crippen molar-refractivity contribution in [3.05, 3.63) is 71.8 Å². The van der Waals surface area contributed by atoms with E-state index >= 15 is 0 Å². The molecule has 0 spiro atoms. The van der Waals surface area contributed by atoms with E-state index in [1.54, 1.807) is 0 Å². The Kier molecular flexibility index (Phi) is 7.37. The number of piperazine rings is 1. The Bertz CT molecular complexity index is 727. The van der Waals surface area contributed by atoms with Crippen LogP contribution in [0.1, 0.15) is 42.8 Å². The van der Waals surface area contributed by atoms with Gasteiger partial charge in [-0.3, -0.25) is 9.69 Å². The third-order valence-corrected chi connectivity index (χ3v) is 5.63. The Morgan fingerprint density at radius 2 is 1.46 bits per heavy atom. The number of nitrogens with zero attached hydrogens (tertiary/aromatic N) is 2.